The number of para-hydroxylation sites is 2. The minimum Gasteiger partial charge on any atom is -0.508 e. The van der Waals surface area contributed by atoms with E-state index in [1.807, 2.05) is 0 Å². The topological polar surface area (TPSA) is 139 Å². The number of nitrogens with one attached hydrogen (secondary N) is 2. The van der Waals surface area contributed by atoms with Gasteiger partial charge in [0, 0.05) is 24.2 Å². The molecule has 0 aliphatic heterocycles. The van der Waals surface area contributed by atoms with E-state index in [-0.39, 0.29) is 82.3 Å². The number of hydrogen-bond donors (Lipinski definition) is 6. The predicted molar refractivity (Wildman–Crippen MR) is 93.0 cm³/mol. The normalized spacial score (nSPS) is 12.1. The number of carboxylic acid groups (broad SMARTS) is 2. The molecule has 0 aromatic heterocycles. The molecule has 0 spiro atoms. The molecule has 1 radical (unpaired) electrons. The van der Waals surface area contributed by atoms with Crippen molar-refractivity contribution >= 4 is 11.9 Å². The maximum absolute atomic E-state index is 11.4. The molecule has 0 heterocycles. The second-order valence-corrected chi connectivity index (χ2v) is 5.57. The molecule has 0 saturated heterocycles. The van der Waals surface area contributed by atoms with Gasteiger partial charge < -0.3 is 20.4 Å². The summed E-state index contributed by atoms with van der Waals surface area (Å²) in [5, 5.41) is 43.8. The molecule has 28 heavy (non-hydrogen) atoms. The second kappa shape index (κ2) is 12.8. The van der Waals surface area contributed by atoms with Crippen molar-refractivity contribution in [3.05, 3.63) is 59.7 Å². The minimum absolute atomic E-state index is 0. The van der Waals surface area contributed by atoms with Crippen LogP contribution in [0.15, 0.2) is 48.5 Å². The van der Waals surface area contributed by atoms with Crippen LogP contribution in [0.5, 0.6) is 11.5 Å². The summed E-state index contributed by atoms with van der Waals surface area (Å²) in [6.07, 6.45) is 0. The van der Waals surface area contributed by atoms with Crippen molar-refractivity contribution in [2.24, 2.45) is 0 Å². The van der Waals surface area contributed by atoms with Crippen molar-refractivity contribution in [2.45, 2.75) is 12.1 Å². The Balaban J connectivity index is 0.00000364. The molecule has 2 unspecified atom stereocenters. The molecule has 10 heteroatoms. The summed E-state index contributed by atoms with van der Waals surface area (Å²) in [6, 6.07) is 9.91. The Morgan fingerprint density at radius 1 is 0.750 bits per heavy atom. The van der Waals surface area contributed by atoms with Crippen molar-refractivity contribution in [1.29, 1.82) is 0 Å². The third-order valence-electron chi connectivity index (χ3n) is 3.81. The first-order valence-electron chi connectivity index (χ1n) is 7.90. The number of phenols is 2. The van der Waals surface area contributed by atoms with Crippen LogP contribution in [0.2, 0.25) is 0 Å². The zero-order valence-electron chi connectivity index (χ0n) is 15.1. The summed E-state index contributed by atoms with van der Waals surface area (Å²) in [5.41, 5.74) is 0.436. The molecule has 0 aliphatic carbocycles. The number of rotatable bonds is 9. The molecule has 0 saturated carbocycles. The van der Waals surface area contributed by atoms with Crippen LogP contribution in [0.4, 0.5) is 0 Å². The Labute approximate surface area is 194 Å². The average molecular weight is 439 g/mol. The van der Waals surface area contributed by atoms with Crippen molar-refractivity contribution in [2.75, 3.05) is 13.1 Å². The standard InChI is InChI=1S/C18H20N2O6.Fe.Na/c21-13-7-3-1-5-11(13)15(17(23)24)19-9-10-20-16(18(25)26)12-6-2-4-8-14(12)22;;/h1-8,15-16,19-22H,9-10H2,(H,23,24)(H,25,26);;/q;+3;+1. The smallest absolute Gasteiger partial charge is 0.508 e. The van der Waals surface area contributed by atoms with Crippen molar-refractivity contribution < 1.29 is 76.6 Å². The van der Waals surface area contributed by atoms with Crippen LogP contribution in [-0.2, 0) is 26.7 Å². The first-order valence-corrected chi connectivity index (χ1v) is 7.90. The van der Waals surface area contributed by atoms with E-state index in [0.29, 0.717) is 0 Å². The van der Waals surface area contributed by atoms with Crippen LogP contribution in [0, 0.1) is 0 Å². The SMILES string of the molecule is O=C(O)C(NCCNC(C(=O)O)c1ccccc1O)c1ccccc1O.[Fe+3].[Na+]. The third kappa shape index (κ3) is 7.10. The number of aliphatic carboxylic acids is 2. The molecule has 2 rings (SSSR count). The van der Waals surface area contributed by atoms with Gasteiger partial charge in [0.05, 0.1) is 0 Å². The third-order valence-corrected chi connectivity index (χ3v) is 3.81. The fraction of sp³-hybridized carbons (Fsp3) is 0.222. The van der Waals surface area contributed by atoms with E-state index in [9.17, 15) is 30.0 Å². The molecule has 2 atom stereocenters. The van der Waals surface area contributed by atoms with E-state index in [1.165, 1.54) is 24.3 Å². The average Bonchev–Trinajstić information content (AvgIpc) is 2.59. The number of benzene rings is 2. The first-order chi connectivity index (χ1) is 12.4. The molecule has 6 N–H and O–H groups in total. The summed E-state index contributed by atoms with van der Waals surface area (Å²) >= 11 is 0. The van der Waals surface area contributed by atoms with Crippen molar-refractivity contribution in [3.63, 3.8) is 0 Å². The first kappa shape index (κ1) is 26.4. The summed E-state index contributed by atoms with van der Waals surface area (Å²) in [6.45, 7) is 0.255. The van der Waals surface area contributed by atoms with E-state index in [1.54, 1.807) is 24.3 Å². The zero-order valence-corrected chi connectivity index (χ0v) is 18.3. The molecule has 0 bridgehead atoms. The number of carboxylic acids is 2. The van der Waals surface area contributed by atoms with E-state index in [4.69, 9.17) is 0 Å². The molecule has 0 amide bonds. The molecule has 143 valence electrons. The summed E-state index contributed by atoms with van der Waals surface area (Å²) < 4.78 is 0. The predicted octanol–water partition coefficient (Wildman–Crippen LogP) is -1.77. The molecule has 2 aromatic rings. The van der Waals surface area contributed by atoms with Gasteiger partial charge in [0.2, 0.25) is 0 Å². The van der Waals surface area contributed by atoms with E-state index in [0.717, 1.165) is 0 Å². The second-order valence-electron chi connectivity index (χ2n) is 5.57. The van der Waals surface area contributed by atoms with Gasteiger partial charge in [-0.15, -0.1) is 0 Å². The summed E-state index contributed by atoms with van der Waals surface area (Å²) in [5.74, 6) is -2.61. The number of phenolic OH excluding ortho intramolecular Hbond substituents is 2. The fourth-order valence-corrected chi connectivity index (χ4v) is 2.56. The zero-order chi connectivity index (χ0) is 19.1. The fourth-order valence-electron chi connectivity index (χ4n) is 2.56. The van der Waals surface area contributed by atoms with E-state index >= 15 is 0 Å². The molecule has 8 nitrogen and oxygen atoms in total. The quantitative estimate of drug-likeness (QED) is 0.200. The number of hydrogen-bond acceptors (Lipinski definition) is 6. The van der Waals surface area contributed by atoms with Gasteiger partial charge in [0.1, 0.15) is 23.6 Å². The van der Waals surface area contributed by atoms with Crippen LogP contribution >= 0.6 is 0 Å². The van der Waals surface area contributed by atoms with E-state index < -0.39 is 24.0 Å². The van der Waals surface area contributed by atoms with Crippen LogP contribution < -0.4 is 40.2 Å². The summed E-state index contributed by atoms with van der Waals surface area (Å²) in [7, 11) is 0. The van der Waals surface area contributed by atoms with Gasteiger partial charge in [-0.1, -0.05) is 36.4 Å². The Bertz CT molecular complexity index is 727. The van der Waals surface area contributed by atoms with Crippen LogP contribution in [0.25, 0.3) is 0 Å². The minimum atomic E-state index is -1.16. The van der Waals surface area contributed by atoms with E-state index in [2.05, 4.69) is 10.6 Å². The van der Waals surface area contributed by atoms with Gasteiger partial charge in [-0.05, 0) is 12.1 Å². The maximum Gasteiger partial charge on any atom is 3.00 e. The molecule has 0 fully saturated rings. The molecular formula is C18H20FeN2NaO6+4. The Morgan fingerprint density at radius 2 is 1.07 bits per heavy atom. The van der Waals surface area contributed by atoms with Gasteiger partial charge in [0.15, 0.2) is 0 Å². The Morgan fingerprint density at radius 3 is 1.36 bits per heavy atom. The van der Waals surface area contributed by atoms with Gasteiger partial charge in [-0.3, -0.25) is 20.2 Å². The van der Waals surface area contributed by atoms with Gasteiger partial charge >= 0.3 is 58.6 Å². The largest absolute Gasteiger partial charge is 3.00 e. The maximum atomic E-state index is 11.4. The Kier molecular flexibility index (Phi) is 12.1. The van der Waals surface area contributed by atoms with Crippen LogP contribution in [0.1, 0.15) is 23.2 Å². The van der Waals surface area contributed by atoms with Crippen LogP contribution in [0.3, 0.4) is 0 Å². The van der Waals surface area contributed by atoms with Gasteiger partial charge in [-0.25, -0.2) is 0 Å². The number of aromatic hydroxyl groups is 2. The molecular weight excluding hydrogens is 419 g/mol. The number of carbonyl (C=O) groups is 2. The van der Waals surface area contributed by atoms with Crippen molar-refractivity contribution in [3.8, 4) is 11.5 Å². The van der Waals surface area contributed by atoms with Crippen molar-refractivity contribution in [1.82, 2.24) is 10.6 Å². The molecule has 2 aromatic carbocycles. The Hall–Kier alpha value is -1.58. The summed E-state index contributed by atoms with van der Waals surface area (Å²) in [4.78, 5) is 22.9. The molecule has 0 aliphatic rings. The van der Waals surface area contributed by atoms with Gasteiger partial charge in [0.25, 0.3) is 0 Å². The van der Waals surface area contributed by atoms with Gasteiger partial charge in [-0.2, -0.15) is 0 Å². The monoisotopic (exact) mass is 439 g/mol. The van der Waals surface area contributed by atoms with Crippen LogP contribution in [-0.4, -0.2) is 45.5 Å².